The first-order chi connectivity index (χ1) is 18.0. The molecule has 8 heteroatoms. The summed E-state index contributed by atoms with van der Waals surface area (Å²) >= 11 is 0. The van der Waals surface area contributed by atoms with Crippen LogP contribution in [0.25, 0.3) is 0 Å². The molecule has 0 spiro atoms. The summed E-state index contributed by atoms with van der Waals surface area (Å²) in [5.41, 5.74) is 2.29. The fourth-order valence-corrected chi connectivity index (χ4v) is 6.05. The zero-order chi connectivity index (χ0) is 25.5. The molecule has 1 saturated carbocycles. The molecule has 0 aromatic heterocycles. The fraction of sp³-hybridized carbons (Fsp3) is 0.448. The Morgan fingerprint density at radius 3 is 2.59 bits per heavy atom. The van der Waals surface area contributed by atoms with Gasteiger partial charge in [-0.15, -0.1) is 0 Å². The summed E-state index contributed by atoms with van der Waals surface area (Å²) in [6.45, 7) is 6.00. The molecule has 3 atom stereocenters. The Bertz CT molecular complexity index is 1220. The van der Waals surface area contributed by atoms with E-state index in [1.807, 2.05) is 42.5 Å². The molecule has 2 saturated heterocycles. The molecule has 8 nitrogen and oxygen atoms in total. The van der Waals surface area contributed by atoms with Crippen LogP contribution in [0.3, 0.4) is 0 Å². The number of hydrogen-bond acceptors (Lipinski definition) is 6. The number of carbonyl (C=O) groups is 2. The molecular formula is C29H33N3O5. The predicted octanol–water partition coefficient (Wildman–Crippen LogP) is 3.51. The second kappa shape index (κ2) is 9.74. The van der Waals surface area contributed by atoms with Crippen molar-refractivity contribution in [2.24, 2.45) is 0 Å². The predicted molar refractivity (Wildman–Crippen MR) is 138 cm³/mol. The van der Waals surface area contributed by atoms with Crippen LogP contribution in [0.4, 0.5) is 0 Å². The molecule has 1 unspecified atom stereocenters. The molecule has 2 aromatic rings. The number of benzene rings is 2. The number of hydrogen-bond donors (Lipinski definition) is 1. The van der Waals surface area contributed by atoms with Gasteiger partial charge in [0.15, 0.2) is 11.5 Å². The number of allylic oxidation sites excluding steroid dienone is 1. The van der Waals surface area contributed by atoms with Crippen LogP contribution in [0.5, 0.6) is 17.2 Å². The van der Waals surface area contributed by atoms with E-state index >= 15 is 0 Å². The lowest BCUT2D eigenvalue weighted by atomic mass is 10.0. The third-order valence-corrected chi connectivity index (χ3v) is 8.02. The van der Waals surface area contributed by atoms with Crippen LogP contribution in [0.1, 0.15) is 48.0 Å². The van der Waals surface area contributed by atoms with Crippen molar-refractivity contribution in [1.82, 2.24) is 15.1 Å². The van der Waals surface area contributed by atoms with E-state index in [0.717, 1.165) is 55.2 Å². The standard InChI is InChI=1S/C29H33N3O5/c1-18-10-13-24(28(33)30-18)32-15-19-14-20(11-12-22(19)29(32)34)36-25-9-5-6-23(25)31-16-21(17-31)37-27-8-4-3-7-26(27)35-2/h3-4,7-8,11-12,14,21,23-25H,1,5-6,9-10,13,15-17H2,2H3,(H,30,33)/t23-,24?,25-/m0/s1. The third kappa shape index (κ3) is 4.55. The summed E-state index contributed by atoms with van der Waals surface area (Å²) in [5.74, 6) is 2.09. The molecular weight excluding hydrogens is 470 g/mol. The van der Waals surface area contributed by atoms with Gasteiger partial charge >= 0.3 is 0 Å². The zero-order valence-electron chi connectivity index (χ0n) is 21.2. The van der Waals surface area contributed by atoms with E-state index in [0.29, 0.717) is 36.7 Å². The van der Waals surface area contributed by atoms with Gasteiger partial charge in [-0.25, -0.2) is 0 Å². The highest BCUT2D eigenvalue weighted by Gasteiger charge is 2.42. The maximum atomic E-state index is 13.0. The highest BCUT2D eigenvalue weighted by Crippen LogP contribution is 2.36. The molecule has 6 rings (SSSR count). The minimum Gasteiger partial charge on any atom is -0.493 e. The van der Waals surface area contributed by atoms with E-state index in [2.05, 4.69) is 16.8 Å². The van der Waals surface area contributed by atoms with Gasteiger partial charge in [-0.1, -0.05) is 18.7 Å². The topological polar surface area (TPSA) is 80.3 Å². The Morgan fingerprint density at radius 1 is 1.00 bits per heavy atom. The van der Waals surface area contributed by atoms with E-state index in [-0.39, 0.29) is 24.0 Å². The molecule has 37 heavy (non-hydrogen) atoms. The number of nitrogens with zero attached hydrogens (tertiary/aromatic N) is 2. The van der Waals surface area contributed by atoms with Gasteiger partial charge in [-0.2, -0.15) is 0 Å². The Labute approximate surface area is 217 Å². The van der Waals surface area contributed by atoms with Crippen molar-refractivity contribution < 1.29 is 23.8 Å². The molecule has 194 valence electrons. The van der Waals surface area contributed by atoms with Crippen LogP contribution < -0.4 is 19.5 Å². The first-order valence-corrected chi connectivity index (χ1v) is 13.1. The SMILES string of the molecule is C=C1CCC(N2Cc3cc(O[C@H]4CCC[C@@H]4N4CC(Oc5ccccc5OC)C4)ccc3C2=O)C(=O)N1. The Morgan fingerprint density at radius 2 is 1.81 bits per heavy atom. The van der Waals surface area contributed by atoms with Gasteiger partial charge in [0.2, 0.25) is 5.91 Å². The number of ether oxygens (including phenoxy) is 3. The van der Waals surface area contributed by atoms with Crippen molar-refractivity contribution in [1.29, 1.82) is 0 Å². The second-order valence-corrected chi connectivity index (χ2v) is 10.4. The number of para-hydroxylation sites is 2. The van der Waals surface area contributed by atoms with Crippen molar-refractivity contribution in [3.63, 3.8) is 0 Å². The highest BCUT2D eigenvalue weighted by molar-refractivity contribution is 6.01. The summed E-state index contributed by atoms with van der Waals surface area (Å²) in [5, 5.41) is 2.79. The Balaban J connectivity index is 1.07. The molecule has 0 bridgehead atoms. The molecule has 3 heterocycles. The van der Waals surface area contributed by atoms with Gasteiger partial charge in [0.1, 0.15) is 24.0 Å². The van der Waals surface area contributed by atoms with E-state index < -0.39 is 6.04 Å². The van der Waals surface area contributed by atoms with Crippen molar-refractivity contribution >= 4 is 11.8 Å². The van der Waals surface area contributed by atoms with Crippen molar-refractivity contribution in [3.8, 4) is 17.2 Å². The summed E-state index contributed by atoms with van der Waals surface area (Å²) in [6, 6.07) is 13.4. The highest BCUT2D eigenvalue weighted by atomic mass is 16.5. The van der Waals surface area contributed by atoms with E-state index in [1.54, 1.807) is 12.0 Å². The summed E-state index contributed by atoms with van der Waals surface area (Å²) in [6.07, 6.45) is 4.78. The maximum absolute atomic E-state index is 13.0. The number of nitrogens with one attached hydrogen (secondary N) is 1. The number of carbonyl (C=O) groups excluding carboxylic acids is 2. The summed E-state index contributed by atoms with van der Waals surface area (Å²) in [7, 11) is 1.66. The first kappa shape index (κ1) is 23.9. The lowest BCUT2D eigenvalue weighted by Crippen LogP contribution is -2.60. The van der Waals surface area contributed by atoms with E-state index in [1.165, 1.54) is 0 Å². The van der Waals surface area contributed by atoms with Gasteiger partial charge in [0.25, 0.3) is 5.91 Å². The smallest absolute Gasteiger partial charge is 0.255 e. The molecule has 2 aromatic carbocycles. The molecule has 3 fully saturated rings. The average Bonchev–Trinajstić information content (AvgIpc) is 3.45. The number of fused-ring (bicyclic) bond motifs is 1. The number of rotatable bonds is 7. The molecule has 0 radical (unpaired) electrons. The molecule has 3 aliphatic heterocycles. The van der Waals surface area contributed by atoms with E-state index in [4.69, 9.17) is 14.2 Å². The number of methoxy groups -OCH3 is 1. The fourth-order valence-electron chi connectivity index (χ4n) is 6.05. The van der Waals surface area contributed by atoms with Crippen LogP contribution in [-0.2, 0) is 11.3 Å². The van der Waals surface area contributed by atoms with Gasteiger partial charge in [-0.3, -0.25) is 14.5 Å². The summed E-state index contributed by atoms with van der Waals surface area (Å²) in [4.78, 5) is 29.6. The quantitative estimate of drug-likeness (QED) is 0.623. The number of likely N-dealkylation sites (tertiary alicyclic amines) is 1. The maximum Gasteiger partial charge on any atom is 0.255 e. The van der Waals surface area contributed by atoms with Gasteiger partial charge in [0.05, 0.1) is 7.11 Å². The lowest BCUT2D eigenvalue weighted by Gasteiger charge is -2.44. The van der Waals surface area contributed by atoms with Gasteiger partial charge < -0.3 is 24.4 Å². The van der Waals surface area contributed by atoms with Crippen LogP contribution in [0, 0.1) is 0 Å². The minimum atomic E-state index is -0.452. The van der Waals surface area contributed by atoms with E-state index in [9.17, 15) is 9.59 Å². The second-order valence-electron chi connectivity index (χ2n) is 10.4. The monoisotopic (exact) mass is 503 g/mol. The van der Waals surface area contributed by atoms with Gasteiger partial charge in [-0.05, 0) is 68.0 Å². The molecule has 2 amide bonds. The third-order valence-electron chi connectivity index (χ3n) is 8.02. The van der Waals surface area contributed by atoms with Crippen LogP contribution in [0.15, 0.2) is 54.7 Å². The van der Waals surface area contributed by atoms with Crippen LogP contribution in [0.2, 0.25) is 0 Å². The lowest BCUT2D eigenvalue weighted by molar-refractivity contribution is -0.126. The van der Waals surface area contributed by atoms with Crippen molar-refractivity contribution in [3.05, 3.63) is 65.9 Å². The minimum absolute atomic E-state index is 0.0883. The average molecular weight is 504 g/mol. The molecule has 1 N–H and O–H groups in total. The Kier molecular flexibility index (Phi) is 6.28. The molecule has 1 aliphatic carbocycles. The molecule has 4 aliphatic rings. The van der Waals surface area contributed by atoms with Gasteiger partial charge in [0, 0.05) is 36.9 Å². The largest absolute Gasteiger partial charge is 0.493 e. The normalized spacial score (nSPS) is 26.0. The van der Waals surface area contributed by atoms with Crippen molar-refractivity contribution in [2.45, 2.75) is 62.9 Å². The van der Waals surface area contributed by atoms with Crippen molar-refractivity contribution in [2.75, 3.05) is 20.2 Å². The number of piperidine rings is 1. The zero-order valence-corrected chi connectivity index (χ0v) is 21.2. The first-order valence-electron chi connectivity index (χ1n) is 13.1. The summed E-state index contributed by atoms with van der Waals surface area (Å²) < 4.78 is 18.1. The van der Waals surface area contributed by atoms with Crippen LogP contribution >= 0.6 is 0 Å². The number of amides is 2. The van der Waals surface area contributed by atoms with Crippen LogP contribution in [-0.4, -0.2) is 66.1 Å². The Hall–Kier alpha value is -3.52.